The molecule has 0 radical (unpaired) electrons. The van der Waals surface area contributed by atoms with Crippen LogP contribution in [0.5, 0.6) is 0 Å². The van der Waals surface area contributed by atoms with Crippen LogP contribution in [0.15, 0.2) is 30.3 Å². The van der Waals surface area contributed by atoms with Gasteiger partial charge in [-0.25, -0.2) is 0 Å². The van der Waals surface area contributed by atoms with Crippen LogP contribution >= 0.6 is 12.2 Å². The lowest BCUT2D eigenvalue weighted by Gasteiger charge is -2.30. The molecule has 0 spiro atoms. The average Bonchev–Trinajstić information content (AvgIpc) is 3.19. The number of benzene rings is 1. The number of ether oxygens (including phenoxy) is 5. The van der Waals surface area contributed by atoms with E-state index in [1.54, 1.807) is 0 Å². The summed E-state index contributed by atoms with van der Waals surface area (Å²) in [6.07, 6.45) is -1.33. The Morgan fingerprint density at radius 1 is 1.00 bits per heavy atom. The Labute approximate surface area is 164 Å². The van der Waals surface area contributed by atoms with Crippen molar-refractivity contribution in [2.75, 3.05) is 11.9 Å². The second kappa shape index (κ2) is 6.95. The molecule has 4 rings (SSSR count). The quantitative estimate of drug-likeness (QED) is 0.758. The summed E-state index contributed by atoms with van der Waals surface area (Å²) < 4.78 is 29.9. The van der Waals surface area contributed by atoms with Gasteiger partial charge in [-0.15, -0.1) is 0 Å². The maximum atomic E-state index is 6.16. The Morgan fingerprint density at radius 2 is 1.74 bits per heavy atom. The first kappa shape index (κ1) is 19.0. The third kappa shape index (κ3) is 4.11. The van der Waals surface area contributed by atoms with Crippen LogP contribution in [0.1, 0.15) is 27.7 Å². The molecule has 0 unspecified atom stereocenters. The fourth-order valence-electron chi connectivity index (χ4n) is 3.73. The van der Waals surface area contributed by atoms with Crippen molar-refractivity contribution >= 4 is 23.0 Å². The van der Waals surface area contributed by atoms with Gasteiger partial charge in [-0.2, -0.15) is 0 Å². The lowest BCUT2D eigenvalue weighted by atomic mass is 10.0. The predicted octanol–water partition coefficient (Wildman–Crippen LogP) is 2.37. The Balaban J connectivity index is 1.49. The van der Waals surface area contributed by atoms with E-state index >= 15 is 0 Å². The van der Waals surface area contributed by atoms with Gasteiger partial charge in [-0.1, -0.05) is 18.2 Å². The van der Waals surface area contributed by atoms with Crippen molar-refractivity contribution in [2.24, 2.45) is 0 Å². The summed E-state index contributed by atoms with van der Waals surface area (Å²) in [4.78, 5) is 0. The van der Waals surface area contributed by atoms with Crippen molar-refractivity contribution in [3.05, 3.63) is 30.3 Å². The van der Waals surface area contributed by atoms with Crippen LogP contribution in [0.4, 0.5) is 5.69 Å². The number of anilines is 1. The number of para-hydroxylation sites is 1. The minimum atomic E-state index is -0.707. The molecule has 148 valence electrons. The van der Waals surface area contributed by atoms with Gasteiger partial charge in [-0.3, -0.25) is 0 Å². The normalized spacial score (nSPS) is 36.4. The molecule has 3 aliphatic heterocycles. The molecule has 5 atom stereocenters. The van der Waals surface area contributed by atoms with Crippen LogP contribution in [0, 0.1) is 0 Å². The van der Waals surface area contributed by atoms with Gasteiger partial charge < -0.3 is 34.3 Å². The summed E-state index contributed by atoms with van der Waals surface area (Å²) in [5.41, 5.74) is 0.910. The van der Waals surface area contributed by atoms with Gasteiger partial charge >= 0.3 is 0 Å². The predicted molar refractivity (Wildman–Crippen MR) is 103 cm³/mol. The third-order valence-corrected chi connectivity index (χ3v) is 5.03. The molecular weight excluding hydrogens is 368 g/mol. The van der Waals surface area contributed by atoms with Gasteiger partial charge in [-0.05, 0) is 52.0 Å². The number of fused-ring (bicyclic) bond motifs is 1. The molecular formula is C19H26N2O5S. The molecule has 7 nitrogen and oxygen atoms in total. The van der Waals surface area contributed by atoms with E-state index in [1.807, 2.05) is 58.0 Å². The first-order valence-corrected chi connectivity index (χ1v) is 9.59. The lowest BCUT2D eigenvalue weighted by Crippen LogP contribution is -2.53. The van der Waals surface area contributed by atoms with Crippen LogP contribution in [0.25, 0.3) is 0 Å². The van der Waals surface area contributed by atoms with E-state index in [1.165, 1.54) is 0 Å². The highest BCUT2D eigenvalue weighted by molar-refractivity contribution is 7.80. The Bertz CT molecular complexity index is 699. The van der Waals surface area contributed by atoms with E-state index in [9.17, 15) is 0 Å². The molecule has 1 aromatic carbocycles. The number of thiocarbonyl (C=S) groups is 1. The van der Waals surface area contributed by atoms with Crippen molar-refractivity contribution in [3.8, 4) is 0 Å². The molecule has 8 heteroatoms. The molecule has 3 aliphatic rings. The van der Waals surface area contributed by atoms with Gasteiger partial charge in [0.15, 0.2) is 23.0 Å². The molecule has 3 heterocycles. The molecule has 0 amide bonds. The van der Waals surface area contributed by atoms with Gasteiger partial charge in [0.05, 0.1) is 12.6 Å². The monoisotopic (exact) mass is 394 g/mol. The lowest BCUT2D eigenvalue weighted by molar-refractivity contribution is -0.223. The summed E-state index contributed by atoms with van der Waals surface area (Å²) in [7, 11) is 0. The van der Waals surface area contributed by atoms with Crippen molar-refractivity contribution in [2.45, 2.75) is 69.9 Å². The summed E-state index contributed by atoms with van der Waals surface area (Å²) in [6, 6.07) is 9.53. The van der Waals surface area contributed by atoms with Crippen LogP contribution in [-0.2, 0) is 23.7 Å². The van der Waals surface area contributed by atoms with E-state index in [4.69, 9.17) is 35.9 Å². The van der Waals surface area contributed by atoms with Gasteiger partial charge in [0.25, 0.3) is 0 Å². The van der Waals surface area contributed by atoms with E-state index in [-0.39, 0.29) is 24.4 Å². The summed E-state index contributed by atoms with van der Waals surface area (Å²) >= 11 is 5.52. The minimum Gasteiger partial charge on any atom is -0.354 e. The summed E-state index contributed by atoms with van der Waals surface area (Å²) in [6.45, 7) is 7.97. The fourth-order valence-corrected chi connectivity index (χ4v) is 3.99. The second-order valence-electron chi connectivity index (χ2n) is 7.93. The van der Waals surface area contributed by atoms with Crippen LogP contribution in [0.3, 0.4) is 0 Å². The zero-order chi connectivity index (χ0) is 19.2. The number of rotatable bonds is 3. The zero-order valence-corrected chi connectivity index (χ0v) is 16.7. The summed E-state index contributed by atoms with van der Waals surface area (Å²) in [5, 5.41) is 7.03. The number of nitrogens with one attached hydrogen (secondary N) is 2. The molecule has 0 aromatic heterocycles. The highest BCUT2D eigenvalue weighted by Gasteiger charge is 2.58. The molecule has 0 bridgehead atoms. The standard InChI is InChI=1S/C19H26N2O5S/c1-18(2)22-10-12(24-18)14-13(15-16(23-14)26-19(3,4)25-15)21-17(27)20-11-8-6-5-7-9-11/h5-9,12-16H,10H2,1-4H3,(H2,20,21,27)/t12-,13-,14-,15-,16-/m1/s1. The number of hydrogen-bond acceptors (Lipinski definition) is 6. The highest BCUT2D eigenvalue weighted by atomic mass is 32.1. The van der Waals surface area contributed by atoms with Crippen molar-refractivity contribution < 1.29 is 23.7 Å². The van der Waals surface area contributed by atoms with E-state index in [2.05, 4.69) is 10.6 Å². The largest absolute Gasteiger partial charge is 0.354 e. The topological polar surface area (TPSA) is 70.2 Å². The molecule has 3 fully saturated rings. The maximum Gasteiger partial charge on any atom is 0.189 e. The first-order chi connectivity index (χ1) is 12.7. The Kier molecular flexibility index (Phi) is 4.90. The van der Waals surface area contributed by atoms with Gasteiger partial charge in [0.2, 0.25) is 0 Å². The molecule has 0 aliphatic carbocycles. The maximum absolute atomic E-state index is 6.16. The van der Waals surface area contributed by atoms with Crippen molar-refractivity contribution in [3.63, 3.8) is 0 Å². The molecule has 0 saturated carbocycles. The van der Waals surface area contributed by atoms with Crippen LogP contribution < -0.4 is 10.6 Å². The van der Waals surface area contributed by atoms with E-state index < -0.39 is 17.9 Å². The van der Waals surface area contributed by atoms with Crippen molar-refractivity contribution in [1.82, 2.24) is 5.32 Å². The van der Waals surface area contributed by atoms with E-state index in [0.29, 0.717) is 11.7 Å². The molecule has 27 heavy (non-hydrogen) atoms. The molecule has 2 N–H and O–H groups in total. The molecule has 3 saturated heterocycles. The average molecular weight is 394 g/mol. The summed E-state index contributed by atoms with van der Waals surface area (Å²) in [5.74, 6) is -1.35. The molecule has 1 aromatic rings. The Hall–Kier alpha value is -1.29. The highest BCUT2D eigenvalue weighted by Crippen LogP contribution is 2.40. The van der Waals surface area contributed by atoms with Gasteiger partial charge in [0, 0.05) is 5.69 Å². The van der Waals surface area contributed by atoms with Crippen LogP contribution in [0.2, 0.25) is 0 Å². The fraction of sp³-hybridized carbons (Fsp3) is 0.632. The van der Waals surface area contributed by atoms with Crippen LogP contribution in [-0.4, -0.2) is 53.9 Å². The Morgan fingerprint density at radius 3 is 2.41 bits per heavy atom. The van der Waals surface area contributed by atoms with E-state index in [0.717, 1.165) is 5.69 Å². The zero-order valence-electron chi connectivity index (χ0n) is 15.9. The number of hydrogen-bond donors (Lipinski definition) is 2. The van der Waals surface area contributed by atoms with Crippen molar-refractivity contribution in [1.29, 1.82) is 0 Å². The SMILES string of the molecule is CC1(C)O[C@H]2O[C@H]([C@H]3COC(C)(C)O3)[C@@H](NC(=S)Nc3ccccc3)[C@H]2O1. The minimum absolute atomic E-state index is 0.233. The first-order valence-electron chi connectivity index (χ1n) is 9.18. The third-order valence-electron chi connectivity index (χ3n) is 4.81. The second-order valence-corrected chi connectivity index (χ2v) is 8.33. The van der Waals surface area contributed by atoms with Gasteiger partial charge in [0.1, 0.15) is 18.3 Å². The smallest absolute Gasteiger partial charge is 0.189 e.